The van der Waals surface area contributed by atoms with Crippen molar-refractivity contribution in [3.05, 3.63) is 24.3 Å². The van der Waals surface area contributed by atoms with Gasteiger partial charge in [-0.1, -0.05) is 6.07 Å². The first-order valence-corrected chi connectivity index (χ1v) is 7.30. The molecule has 1 fully saturated rings. The van der Waals surface area contributed by atoms with Crippen molar-refractivity contribution < 1.29 is 9.47 Å². The molecule has 1 aromatic rings. The van der Waals surface area contributed by atoms with Crippen molar-refractivity contribution in [2.45, 2.75) is 25.7 Å². The number of nitriles is 1. The lowest BCUT2D eigenvalue weighted by atomic mass is 10.0. The minimum Gasteiger partial charge on any atom is -0.493 e. The van der Waals surface area contributed by atoms with Crippen molar-refractivity contribution in [1.29, 1.82) is 5.26 Å². The SMILES string of the molecule is N#CCCCOc1cccc(NCC2CCOCC2)c1. The molecule has 4 heteroatoms. The summed E-state index contributed by atoms with van der Waals surface area (Å²) in [7, 11) is 0. The molecular formula is C16H22N2O2. The number of anilines is 1. The molecule has 1 aliphatic rings. The van der Waals surface area contributed by atoms with Crippen LogP contribution in [0.2, 0.25) is 0 Å². The molecule has 0 aromatic heterocycles. The second kappa shape index (κ2) is 8.44. The largest absolute Gasteiger partial charge is 0.493 e. The standard InChI is InChI=1S/C16H22N2O2/c17-8-1-2-9-20-16-5-3-4-15(12-16)18-13-14-6-10-19-11-7-14/h3-5,12,14,18H,1-2,6-7,9-11,13H2. The van der Waals surface area contributed by atoms with Crippen molar-refractivity contribution in [3.8, 4) is 11.8 Å². The quantitative estimate of drug-likeness (QED) is 0.776. The summed E-state index contributed by atoms with van der Waals surface area (Å²) in [6.07, 6.45) is 3.59. The van der Waals surface area contributed by atoms with Gasteiger partial charge in [-0.25, -0.2) is 0 Å². The number of hydrogen-bond acceptors (Lipinski definition) is 4. The Morgan fingerprint density at radius 1 is 1.35 bits per heavy atom. The Balaban J connectivity index is 1.75. The Morgan fingerprint density at radius 3 is 3.00 bits per heavy atom. The van der Waals surface area contributed by atoms with Crippen molar-refractivity contribution in [1.82, 2.24) is 0 Å². The number of ether oxygens (including phenoxy) is 2. The predicted octanol–water partition coefficient (Wildman–Crippen LogP) is 3.21. The third-order valence-electron chi connectivity index (χ3n) is 3.47. The van der Waals surface area contributed by atoms with Gasteiger partial charge in [0.15, 0.2) is 0 Å². The van der Waals surface area contributed by atoms with Crippen molar-refractivity contribution in [3.63, 3.8) is 0 Å². The van der Waals surface area contributed by atoms with Crippen LogP contribution < -0.4 is 10.1 Å². The van der Waals surface area contributed by atoms with Crippen LogP contribution >= 0.6 is 0 Å². The van der Waals surface area contributed by atoms with E-state index in [1.165, 1.54) is 0 Å². The highest BCUT2D eigenvalue weighted by Crippen LogP contribution is 2.20. The molecule has 0 amide bonds. The van der Waals surface area contributed by atoms with E-state index in [1.807, 2.05) is 18.2 Å². The lowest BCUT2D eigenvalue weighted by molar-refractivity contribution is 0.0699. The Kier molecular flexibility index (Phi) is 6.19. The van der Waals surface area contributed by atoms with Crippen LogP contribution in [0.1, 0.15) is 25.7 Å². The van der Waals surface area contributed by atoms with Crippen LogP contribution in [0, 0.1) is 17.2 Å². The van der Waals surface area contributed by atoms with Gasteiger partial charge in [-0.2, -0.15) is 5.26 Å². The molecule has 0 bridgehead atoms. The number of nitrogens with one attached hydrogen (secondary N) is 1. The first-order chi connectivity index (χ1) is 9.88. The Bertz CT molecular complexity index is 436. The number of benzene rings is 1. The maximum Gasteiger partial charge on any atom is 0.121 e. The normalized spacial score (nSPS) is 15.6. The van der Waals surface area contributed by atoms with Crippen LogP contribution in [0.5, 0.6) is 5.75 Å². The summed E-state index contributed by atoms with van der Waals surface area (Å²) in [5, 5.41) is 11.9. The molecule has 108 valence electrons. The average Bonchev–Trinajstić information content (AvgIpc) is 2.51. The molecule has 1 N–H and O–H groups in total. The van der Waals surface area contributed by atoms with E-state index in [1.54, 1.807) is 0 Å². The van der Waals surface area contributed by atoms with E-state index in [0.717, 1.165) is 50.5 Å². The highest BCUT2D eigenvalue weighted by molar-refractivity contribution is 5.48. The fraction of sp³-hybridized carbons (Fsp3) is 0.562. The van der Waals surface area contributed by atoms with Gasteiger partial charge in [0.25, 0.3) is 0 Å². The van der Waals surface area contributed by atoms with Crippen LogP contribution in [-0.2, 0) is 4.74 Å². The summed E-state index contributed by atoms with van der Waals surface area (Å²) in [5.41, 5.74) is 1.09. The zero-order chi connectivity index (χ0) is 14.0. The Morgan fingerprint density at radius 2 is 2.20 bits per heavy atom. The minimum absolute atomic E-state index is 0.543. The molecular weight excluding hydrogens is 252 g/mol. The molecule has 1 aromatic carbocycles. The van der Waals surface area contributed by atoms with Gasteiger partial charge in [-0.05, 0) is 37.3 Å². The summed E-state index contributed by atoms with van der Waals surface area (Å²) in [6.45, 7) is 3.35. The lowest BCUT2D eigenvalue weighted by Gasteiger charge is -2.22. The molecule has 0 atom stereocenters. The van der Waals surface area contributed by atoms with E-state index < -0.39 is 0 Å². The van der Waals surface area contributed by atoms with E-state index >= 15 is 0 Å². The summed E-state index contributed by atoms with van der Waals surface area (Å²) in [5.74, 6) is 1.56. The topological polar surface area (TPSA) is 54.3 Å². The molecule has 20 heavy (non-hydrogen) atoms. The highest BCUT2D eigenvalue weighted by atomic mass is 16.5. The zero-order valence-corrected chi connectivity index (χ0v) is 11.8. The Labute approximate surface area is 120 Å². The summed E-state index contributed by atoms with van der Waals surface area (Å²) in [4.78, 5) is 0. The van der Waals surface area contributed by atoms with Crippen LogP contribution in [0.25, 0.3) is 0 Å². The van der Waals surface area contributed by atoms with E-state index in [9.17, 15) is 0 Å². The first kappa shape index (κ1) is 14.7. The molecule has 0 radical (unpaired) electrons. The third kappa shape index (κ3) is 5.10. The smallest absolute Gasteiger partial charge is 0.121 e. The van der Waals surface area contributed by atoms with Gasteiger partial charge in [-0.15, -0.1) is 0 Å². The van der Waals surface area contributed by atoms with Crippen molar-refractivity contribution in [2.24, 2.45) is 5.92 Å². The number of hydrogen-bond donors (Lipinski definition) is 1. The molecule has 0 aliphatic carbocycles. The highest BCUT2D eigenvalue weighted by Gasteiger charge is 2.13. The van der Waals surface area contributed by atoms with Gasteiger partial charge in [0, 0.05) is 37.9 Å². The second-order valence-corrected chi connectivity index (χ2v) is 5.07. The van der Waals surface area contributed by atoms with E-state index in [-0.39, 0.29) is 0 Å². The summed E-state index contributed by atoms with van der Waals surface area (Å²) >= 11 is 0. The molecule has 1 heterocycles. The first-order valence-electron chi connectivity index (χ1n) is 7.30. The number of nitrogens with zero attached hydrogens (tertiary/aromatic N) is 1. The average molecular weight is 274 g/mol. The van der Waals surface area contributed by atoms with E-state index in [2.05, 4.69) is 17.5 Å². The zero-order valence-electron chi connectivity index (χ0n) is 11.8. The van der Waals surface area contributed by atoms with Gasteiger partial charge in [0.1, 0.15) is 5.75 Å². The maximum atomic E-state index is 8.48. The van der Waals surface area contributed by atoms with Crippen molar-refractivity contribution >= 4 is 5.69 Å². The van der Waals surface area contributed by atoms with Crippen LogP contribution in [0.3, 0.4) is 0 Å². The Hall–Kier alpha value is -1.73. The fourth-order valence-corrected chi connectivity index (χ4v) is 2.25. The molecule has 1 saturated heterocycles. The lowest BCUT2D eigenvalue weighted by Crippen LogP contribution is -2.22. The molecule has 0 saturated carbocycles. The molecule has 0 spiro atoms. The van der Waals surface area contributed by atoms with Crippen molar-refractivity contribution in [2.75, 3.05) is 31.7 Å². The van der Waals surface area contributed by atoms with Gasteiger partial charge in [-0.3, -0.25) is 0 Å². The molecule has 2 rings (SSSR count). The number of rotatable bonds is 7. The van der Waals surface area contributed by atoms with Gasteiger partial charge in [0.05, 0.1) is 12.7 Å². The van der Waals surface area contributed by atoms with Crippen LogP contribution in [0.15, 0.2) is 24.3 Å². The second-order valence-electron chi connectivity index (χ2n) is 5.07. The molecule has 1 aliphatic heterocycles. The minimum atomic E-state index is 0.543. The third-order valence-corrected chi connectivity index (χ3v) is 3.47. The monoisotopic (exact) mass is 274 g/mol. The summed E-state index contributed by atoms with van der Waals surface area (Å²) in [6, 6.07) is 10.1. The van der Waals surface area contributed by atoms with Crippen LogP contribution in [-0.4, -0.2) is 26.4 Å². The predicted molar refractivity (Wildman–Crippen MR) is 78.8 cm³/mol. The summed E-state index contributed by atoms with van der Waals surface area (Å²) < 4.78 is 11.0. The molecule has 0 unspecified atom stereocenters. The van der Waals surface area contributed by atoms with Gasteiger partial charge < -0.3 is 14.8 Å². The molecule has 4 nitrogen and oxygen atoms in total. The van der Waals surface area contributed by atoms with Crippen LogP contribution in [0.4, 0.5) is 5.69 Å². The van der Waals surface area contributed by atoms with Gasteiger partial charge >= 0.3 is 0 Å². The number of unbranched alkanes of at least 4 members (excludes halogenated alkanes) is 1. The van der Waals surface area contributed by atoms with Gasteiger partial charge in [0.2, 0.25) is 0 Å². The van der Waals surface area contributed by atoms with E-state index in [4.69, 9.17) is 14.7 Å². The van der Waals surface area contributed by atoms with E-state index in [0.29, 0.717) is 18.9 Å². The maximum absolute atomic E-state index is 8.48. The fourth-order valence-electron chi connectivity index (χ4n) is 2.25.